The first-order chi connectivity index (χ1) is 9.06. The molecule has 1 aliphatic rings. The van der Waals surface area contributed by atoms with E-state index in [4.69, 9.17) is 4.74 Å². The van der Waals surface area contributed by atoms with E-state index in [1.54, 1.807) is 20.8 Å². The monoisotopic (exact) mass is 295 g/mol. The lowest BCUT2D eigenvalue weighted by Gasteiger charge is -2.26. The van der Waals surface area contributed by atoms with Crippen LogP contribution in [-0.4, -0.2) is 48.2 Å². The maximum Gasteiger partial charge on any atom is 0.411 e. The smallest absolute Gasteiger partial charge is 0.411 e. The van der Waals surface area contributed by atoms with E-state index in [1.807, 2.05) is 13.8 Å². The molecule has 1 aliphatic heterocycles. The molecule has 1 rings (SSSR count). The number of alkyl halides is 2. The Morgan fingerprint density at radius 1 is 1.25 bits per heavy atom. The Labute approximate surface area is 118 Å². The number of hydrogen-bond acceptors (Lipinski definition) is 4. The van der Waals surface area contributed by atoms with Crippen molar-refractivity contribution in [2.24, 2.45) is 0 Å². The van der Waals surface area contributed by atoms with Gasteiger partial charge < -0.3 is 9.47 Å². The summed E-state index contributed by atoms with van der Waals surface area (Å²) in [6, 6.07) is -1.29. The Hall–Kier alpha value is -1.40. The summed E-state index contributed by atoms with van der Waals surface area (Å²) in [7, 11) is 1.09. The second-order valence-corrected chi connectivity index (χ2v) is 5.21. The van der Waals surface area contributed by atoms with E-state index in [9.17, 15) is 18.4 Å². The zero-order chi connectivity index (χ0) is 16.1. The van der Waals surface area contributed by atoms with Crippen molar-refractivity contribution in [3.05, 3.63) is 0 Å². The molecule has 1 saturated heterocycles. The second kappa shape index (κ2) is 6.85. The van der Waals surface area contributed by atoms with Gasteiger partial charge in [0, 0.05) is 6.42 Å². The van der Waals surface area contributed by atoms with Crippen LogP contribution in [0.3, 0.4) is 0 Å². The molecule has 1 fully saturated rings. The fourth-order valence-corrected chi connectivity index (χ4v) is 1.68. The van der Waals surface area contributed by atoms with Gasteiger partial charge in [-0.25, -0.2) is 18.4 Å². The van der Waals surface area contributed by atoms with E-state index >= 15 is 0 Å². The number of carbonyl (C=O) groups is 2. The van der Waals surface area contributed by atoms with Gasteiger partial charge in [-0.15, -0.1) is 0 Å². The quantitative estimate of drug-likeness (QED) is 0.698. The van der Waals surface area contributed by atoms with Crippen LogP contribution in [0.4, 0.5) is 13.6 Å². The molecule has 5 nitrogen and oxygen atoms in total. The minimum atomic E-state index is -3.10. The van der Waals surface area contributed by atoms with Gasteiger partial charge in [-0.1, -0.05) is 13.8 Å². The SMILES string of the molecule is CC.COC(=O)C1CC(F)(F)CN1C(=O)OC(C)(C)C. The number of nitrogens with zero attached hydrogens (tertiary/aromatic N) is 1. The Morgan fingerprint density at radius 2 is 1.75 bits per heavy atom. The van der Waals surface area contributed by atoms with Gasteiger partial charge in [0.2, 0.25) is 0 Å². The molecule has 0 aliphatic carbocycles. The highest BCUT2D eigenvalue weighted by molar-refractivity contribution is 5.82. The number of rotatable bonds is 1. The molecule has 0 saturated carbocycles. The van der Waals surface area contributed by atoms with Gasteiger partial charge in [0.15, 0.2) is 0 Å². The van der Waals surface area contributed by atoms with Gasteiger partial charge in [-0.05, 0) is 20.8 Å². The molecule has 0 bridgehead atoms. The van der Waals surface area contributed by atoms with Crippen LogP contribution in [0.25, 0.3) is 0 Å². The summed E-state index contributed by atoms with van der Waals surface area (Å²) < 4.78 is 36.0. The number of carbonyl (C=O) groups excluding carboxylic acids is 2. The molecular formula is C13H23F2NO4. The summed E-state index contributed by atoms with van der Waals surface area (Å²) in [6.45, 7) is 8.02. The third-order valence-electron chi connectivity index (χ3n) is 2.37. The Kier molecular flexibility index (Phi) is 6.37. The van der Waals surface area contributed by atoms with Crippen LogP contribution < -0.4 is 0 Å². The Morgan fingerprint density at radius 3 is 2.15 bits per heavy atom. The van der Waals surface area contributed by atoms with Gasteiger partial charge in [-0.2, -0.15) is 0 Å². The molecule has 20 heavy (non-hydrogen) atoms. The van der Waals surface area contributed by atoms with Crippen LogP contribution in [0.1, 0.15) is 41.0 Å². The Balaban J connectivity index is 0.00000172. The maximum atomic E-state index is 13.3. The van der Waals surface area contributed by atoms with Crippen molar-refractivity contribution >= 4 is 12.1 Å². The number of ether oxygens (including phenoxy) is 2. The maximum absolute atomic E-state index is 13.3. The normalized spacial score (nSPS) is 20.8. The molecule has 1 atom stereocenters. The first-order valence-corrected chi connectivity index (χ1v) is 6.51. The number of esters is 1. The van der Waals surface area contributed by atoms with Crippen LogP contribution in [0.5, 0.6) is 0 Å². The van der Waals surface area contributed by atoms with Crippen molar-refractivity contribution < 1.29 is 27.8 Å². The molecule has 0 aromatic rings. The van der Waals surface area contributed by atoms with Crippen LogP contribution in [-0.2, 0) is 14.3 Å². The molecule has 0 N–H and O–H groups in total. The minimum absolute atomic E-state index is 0.719. The molecule has 7 heteroatoms. The van der Waals surface area contributed by atoms with Gasteiger partial charge in [0.1, 0.15) is 11.6 Å². The number of likely N-dealkylation sites (tertiary alicyclic amines) is 1. The van der Waals surface area contributed by atoms with Crippen LogP contribution in [0, 0.1) is 0 Å². The van der Waals surface area contributed by atoms with Crippen LogP contribution in [0.15, 0.2) is 0 Å². The highest BCUT2D eigenvalue weighted by atomic mass is 19.3. The van der Waals surface area contributed by atoms with Gasteiger partial charge in [-0.3, -0.25) is 4.90 Å². The topological polar surface area (TPSA) is 55.8 Å². The molecular weight excluding hydrogens is 272 g/mol. The zero-order valence-corrected chi connectivity index (χ0v) is 12.8. The summed E-state index contributed by atoms with van der Waals surface area (Å²) in [6.07, 6.45) is -1.67. The van der Waals surface area contributed by atoms with Crippen molar-refractivity contribution in [1.29, 1.82) is 0 Å². The largest absolute Gasteiger partial charge is 0.467 e. The number of methoxy groups -OCH3 is 1. The predicted octanol–water partition coefficient (Wildman–Crippen LogP) is 2.83. The van der Waals surface area contributed by atoms with E-state index in [-0.39, 0.29) is 0 Å². The lowest BCUT2D eigenvalue weighted by atomic mass is 10.2. The molecule has 1 unspecified atom stereocenters. The fraction of sp³-hybridized carbons (Fsp3) is 0.846. The van der Waals surface area contributed by atoms with Crippen LogP contribution in [0.2, 0.25) is 0 Å². The highest BCUT2D eigenvalue weighted by Crippen LogP contribution is 2.33. The van der Waals surface area contributed by atoms with Crippen LogP contribution >= 0.6 is 0 Å². The second-order valence-electron chi connectivity index (χ2n) is 5.21. The molecule has 0 radical (unpaired) electrons. The van der Waals surface area contributed by atoms with Crippen molar-refractivity contribution in [2.45, 2.75) is 58.6 Å². The minimum Gasteiger partial charge on any atom is -0.467 e. The fourth-order valence-electron chi connectivity index (χ4n) is 1.68. The Bertz CT molecular complexity index is 353. The number of amides is 1. The van der Waals surface area contributed by atoms with Crippen molar-refractivity contribution in [2.75, 3.05) is 13.7 Å². The molecule has 0 aromatic heterocycles. The average Bonchev–Trinajstić information content (AvgIpc) is 2.65. The highest BCUT2D eigenvalue weighted by Gasteiger charge is 2.51. The van der Waals surface area contributed by atoms with E-state index in [1.165, 1.54) is 0 Å². The van der Waals surface area contributed by atoms with Gasteiger partial charge in [0.05, 0.1) is 13.7 Å². The third kappa shape index (κ3) is 5.30. The number of hydrogen-bond donors (Lipinski definition) is 0. The summed E-state index contributed by atoms with van der Waals surface area (Å²) in [5.41, 5.74) is -0.810. The lowest BCUT2D eigenvalue weighted by molar-refractivity contribution is -0.146. The van der Waals surface area contributed by atoms with Gasteiger partial charge in [0.25, 0.3) is 5.92 Å². The summed E-state index contributed by atoms with van der Waals surface area (Å²) in [5, 5.41) is 0. The summed E-state index contributed by atoms with van der Waals surface area (Å²) in [4.78, 5) is 23.8. The van der Waals surface area contributed by atoms with Crippen molar-refractivity contribution in [3.8, 4) is 0 Å². The van der Waals surface area contributed by atoms with Crippen molar-refractivity contribution in [3.63, 3.8) is 0 Å². The molecule has 1 heterocycles. The third-order valence-corrected chi connectivity index (χ3v) is 2.37. The predicted molar refractivity (Wildman–Crippen MR) is 69.7 cm³/mol. The zero-order valence-electron chi connectivity index (χ0n) is 12.8. The van der Waals surface area contributed by atoms with E-state index in [0.717, 1.165) is 12.0 Å². The number of halogens is 2. The summed E-state index contributed by atoms with van der Waals surface area (Å²) >= 11 is 0. The first-order valence-electron chi connectivity index (χ1n) is 6.51. The average molecular weight is 295 g/mol. The summed E-state index contributed by atoms with van der Waals surface area (Å²) in [5.74, 6) is -3.96. The van der Waals surface area contributed by atoms with E-state index in [0.29, 0.717) is 0 Å². The lowest BCUT2D eigenvalue weighted by Crippen LogP contribution is -2.44. The van der Waals surface area contributed by atoms with Crippen molar-refractivity contribution in [1.82, 2.24) is 4.90 Å². The van der Waals surface area contributed by atoms with E-state index in [2.05, 4.69) is 4.74 Å². The molecule has 0 spiro atoms. The first kappa shape index (κ1) is 18.6. The molecule has 1 amide bonds. The molecule has 0 aromatic carbocycles. The molecule has 118 valence electrons. The van der Waals surface area contributed by atoms with Gasteiger partial charge >= 0.3 is 12.1 Å². The van der Waals surface area contributed by atoms with E-state index < -0.39 is 42.6 Å². The standard InChI is InChI=1S/C11H17F2NO4.C2H6/c1-10(2,3)18-9(16)14-6-11(12,13)5-7(14)8(15)17-4;1-2/h7H,5-6H2,1-4H3;1-2H3.